The van der Waals surface area contributed by atoms with Gasteiger partial charge in [0.2, 0.25) is 0 Å². The lowest BCUT2D eigenvalue weighted by Crippen LogP contribution is -2.17. The monoisotopic (exact) mass is 457 g/mol. The Bertz CT molecular complexity index is 1120. The van der Waals surface area contributed by atoms with Gasteiger partial charge >= 0.3 is 0 Å². The maximum Gasteiger partial charge on any atom is 0.272 e. The average molecular weight is 458 g/mol. The number of Topliss-reactive ketones (excluding diaryl/α,β-unsaturated/α-hetero) is 1. The largest absolute Gasteiger partial charge is 0.493 e. The summed E-state index contributed by atoms with van der Waals surface area (Å²) < 4.78 is 10.9. The Labute approximate surface area is 188 Å². The van der Waals surface area contributed by atoms with Gasteiger partial charge in [-0.15, -0.1) is 0 Å². The molecule has 0 saturated carbocycles. The fourth-order valence-corrected chi connectivity index (χ4v) is 2.81. The van der Waals surface area contributed by atoms with Gasteiger partial charge in [0.15, 0.2) is 23.9 Å². The van der Waals surface area contributed by atoms with Crippen LogP contribution >= 0.6 is 23.2 Å². The van der Waals surface area contributed by atoms with Crippen LogP contribution in [0.2, 0.25) is 10.0 Å². The lowest BCUT2D eigenvalue weighted by Gasteiger charge is -2.11. The number of benzene rings is 2. The standard InChI is InChI=1S/C22H17Cl2N3O4/c1-30-21-9-14(11-26-27-22(29)16-3-2-8-25-12-16)4-7-20(21)31-13-19(28)15-5-6-17(23)18(24)10-15/h2-12H,13H2,1H3,(H,27,29)/b26-11-. The van der Waals surface area contributed by atoms with Crippen LogP contribution in [0.4, 0.5) is 0 Å². The molecule has 1 N–H and O–H groups in total. The Morgan fingerprint density at radius 3 is 2.61 bits per heavy atom. The maximum absolute atomic E-state index is 12.3. The summed E-state index contributed by atoms with van der Waals surface area (Å²) in [6.45, 7) is -0.205. The molecule has 158 valence electrons. The average Bonchev–Trinajstić information content (AvgIpc) is 2.80. The van der Waals surface area contributed by atoms with Crippen molar-refractivity contribution in [3.63, 3.8) is 0 Å². The first kappa shape index (κ1) is 22.3. The van der Waals surface area contributed by atoms with Crippen molar-refractivity contribution >= 4 is 41.1 Å². The van der Waals surface area contributed by atoms with Crippen molar-refractivity contribution < 1.29 is 19.1 Å². The van der Waals surface area contributed by atoms with Gasteiger partial charge in [-0.2, -0.15) is 5.10 Å². The number of ether oxygens (including phenoxy) is 2. The maximum atomic E-state index is 12.3. The Kier molecular flexibility index (Phi) is 7.59. The van der Waals surface area contributed by atoms with Crippen molar-refractivity contribution in [2.45, 2.75) is 0 Å². The number of rotatable bonds is 8. The molecule has 1 amide bonds. The number of hydrogen-bond donors (Lipinski definition) is 1. The molecule has 0 unspecified atom stereocenters. The predicted octanol–water partition coefficient (Wildman–Crippen LogP) is 4.42. The molecule has 31 heavy (non-hydrogen) atoms. The zero-order valence-corrected chi connectivity index (χ0v) is 17.9. The molecule has 1 aromatic heterocycles. The summed E-state index contributed by atoms with van der Waals surface area (Å²) in [6.07, 6.45) is 4.48. The minimum atomic E-state index is -0.378. The Morgan fingerprint density at radius 2 is 1.90 bits per heavy atom. The molecule has 0 atom stereocenters. The molecule has 0 aliphatic carbocycles. The third-order valence-corrected chi connectivity index (χ3v) is 4.83. The van der Waals surface area contributed by atoms with Crippen molar-refractivity contribution in [1.29, 1.82) is 0 Å². The van der Waals surface area contributed by atoms with Crippen LogP contribution in [0.1, 0.15) is 26.3 Å². The lowest BCUT2D eigenvalue weighted by molar-refractivity contribution is 0.0918. The molecule has 0 spiro atoms. The predicted molar refractivity (Wildman–Crippen MR) is 119 cm³/mol. The van der Waals surface area contributed by atoms with Crippen LogP contribution in [-0.2, 0) is 0 Å². The molecule has 9 heteroatoms. The van der Waals surface area contributed by atoms with Crippen molar-refractivity contribution in [3.05, 3.63) is 87.7 Å². The summed E-state index contributed by atoms with van der Waals surface area (Å²) in [5, 5.41) is 4.59. The van der Waals surface area contributed by atoms with E-state index >= 15 is 0 Å². The van der Waals surface area contributed by atoms with Crippen molar-refractivity contribution in [1.82, 2.24) is 10.4 Å². The molecule has 0 bridgehead atoms. The van der Waals surface area contributed by atoms with Crippen LogP contribution in [0.3, 0.4) is 0 Å². The Hall–Kier alpha value is -3.42. The first-order chi connectivity index (χ1) is 15.0. The van der Waals surface area contributed by atoms with Crippen LogP contribution in [0.15, 0.2) is 66.0 Å². The minimum absolute atomic E-state index is 0.205. The van der Waals surface area contributed by atoms with Gasteiger partial charge in [-0.3, -0.25) is 14.6 Å². The summed E-state index contributed by atoms with van der Waals surface area (Å²) in [7, 11) is 1.48. The summed E-state index contributed by atoms with van der Waals surface area (Å²) in [5.74, 6) is 0.151. The molecule has 3 rings (SSSR count). The van der Waals surface area contributed by atoms with E-state index in [9.17, 15) is 9.59 Å². The van der Waals surface area contributed by atoms with Crippen molar-refractivity contribution in [2.75, 3.05) is 13.7 Å². The number of amides is 1. The highest BCUT2D eigenvalue weighted by Crippen LogP contribution is 2.28. The van der Waals surface area contributed by atoms with Crippen LogP contribution in [-0.4, -0.2) is 36.6 Å². The number of pyridine rings is 1. The summed E-state index contributed by atoms with van der Waals surface area (Å²) in [5.41, 5.74) is 3.86. The summed E-state index contributed by atoms with van der Waals surface area (Å²) in [6, 6.07) is 12.9. The summed E-state index contributed by atoms with van der Waals surface area (Å²) >= 11 is 11.8. The third kappa shape index (κ3) is 6.04. The number of ketones is 1. The van der Waals surface area contributed by atoms with Gasteiger partial charge in [0, 0.05) is 18.0 Å². The first-order valence-electron chi connectivity index (χ1n) is 9.00. The highest BCUT2D eigenvalue weighted by molar-refractivity contribution is 6.42. The van der Waals surface area contributed by atoms with Gasteiger partial charge in [0.25, 0.3) is 5.91 Å². The molecule has 7 nitrogen and oxygen atoms in total. The van der Waals surface area contributed by atoms with E-state index in [4.69, 9.17) is 32.7 Å². The van der Waals surface area contributed by atoms with E-state index in [1.54, 1.807) is 48.7 Å². The van der Waals surface area contributed by atoms with Gasteiger partial charge in [0.05, 0.1) is 28.9 Å². The van der Waals surface area contributed by atoms with E-state index in [-0.39, 0.29) is 18.3 Å². The molecule has 3 aromatic rings. The molecule has 0 radical (unpaired) electrons. The second-order valence-corrected chi connectivity index (χ2v) is 7.01. The van der Waals surface area contributed by atoms with Crippen LogP contribution in [0.25, 0.3) is 0 Å². The number of carbonyl (C=O) groups is 2. The Morgan fingerprint density at radius 1 is 1.06 bits per heavy atom. The molecule has 0 aliphatic heterocycles. The molecule has 1 heterocycles. The quantitative estimate of drug-likeness (QED) is 0.307. The number of nitrogens with one attached hydrogen (secondary N) is 1. The molecule has 2 aromatic carbocycles. The molecule has 0 aliphatic rings. The molecule has 0 saturated heterocycles. The zero-order chi connectivity index (χ0) is 22.2. The van der Waals surface area contributed by atoms with E-state index in [1.807, 2.05) is 0 Å². The van der Waals surface area contributed by atoms with E-state index in [0.717, 1.165) is 0 Å². The van der Waals surface area contributed by atoms with Gasteiger partial charge in [-0.05, 0) is 54.1 Å². The Balaban J connectivity index is 1.62. The van der Waals surface area contributed by atoms with Crippen LogP contribution in [0.5, 0.6) is 11.5 Å². The van der Waals surface area contributed by atoms with Crippen molar-refractivity contribution in [3.8, 4) is 11.5 Å². The molecular formula is C22H17Cl2N3O4. The fraction of sp³-hybridized carbons (Fsp3) is 0.0909. The summed E-state index contributed by atoms with van der Waals surface area (Å²) in [4.78, 5) is 28.2. The number of hydrazone groups is 1. The van der Waals surface area contributed by atoms with E-state index < -0.39 is 0 Å². The van der Waals surface area contributed by atoms with Gasteiger partial charge in [0.1, 0.15) is 0 Å². The SMILES string of the molecule is COc1cc(/C=N\NC(=O)c2cccnc2)ccc1OCC(=O)c1ccc(Cl)c(Cl)c1. The zero-order valence-electron chi connectivity index (χ0n) is 16.3. The number of aromatic nitrogens is 1. The van der Waals surface area contributed by atoms with E-state index in [2.05, 4.69) is 15.5 Å². The number of hydrogen-bond acceptors (Lipinski definition) is 6. The van der Waals surface area contributed by atoms with Crippen LogP contribution in [0, 0.1) is 0 Å². The number of nitrogens with zero attached hydrogens (tertiary/aromatic N) is 2. The van der Waals surface area contributed by atoms with Crippen LogP contribution < -0.4 is 14.9 Å². The normalized spacial score (nSPS) is 10.7. The topological polar surface area (TPSA) is 89.9 Å². The second kappa shape index (κ2) is 10.6. The molecule has 0 fully saturated rings. The van der Waals surface area contributed by atoms with Gasteiger partial charge in [-0.25, -0.2) is 5.43 Å². The van der Waals surface area contributed by atoms with E-state index in [0.29, 0.717) is 38.2 Å². The third-order valence-electron chi connectivity index (χ3n) is 4.09. The van der Waals surface area contributed by atoms with E-state index in [1.165, 1.54) is 25.6 Å². The minimum Gasteiger partial charge on any atom is -0.493 e. The van der Waals surface area contributed by atoms with Crippen molar-refractivity contribution in [2.24, 2.45) is 5.10 Å². The highest BCUT2D eigenvalue weighted by atomic mass is 35.5. The van der Waals surface area contributed by atoms with Gasteiger partial charge in [-0.1, -0.05) is 23.2 Å². The first-order valence-corrected chi connectivity index (χ1v) is 9.76. The lowest BCUT2D eigenvalue weighted by atomic mass is 10.1. The number of halogens is 2. The van der Waals surface area contributed by atoms with Gasteiger partial charge < -0.3 is 9.47 Å². The number of methoxy groups -OCH3 is 1. The smallest absolute Gasteiger partial charge is 0.272 e. The molecular weight excluding hydrogens is 441 g/mol. The number of carbonyl (C=O) groups excluding carboxylic acids is 2. The second-order valence-electron chi connectivity index (χ2n) is 6.19. The fourth-order valence-electron chi connectivity index (χ4n) is 2.51. The highest BCUT2D eigenvalue weighted by Gasteiger charge is 2.12.